The molecule has 1 fully saturated rings. The second-order valence-electron chi connectivity index (χ2n) is 4.85. The van der Waals surface area contributed by atoms with Crippen LogP contribution in [0.25, 0.3) is 0 Å². The topological polar surface area (TPSA) is 80.8 Å². The molecule has 8 heteroatoms. The number of nitrogens with zero attached hydrogens (tertiary/aromatic N) is 2. The third-order valence-corrected chi connectivity index (χ3v) is 3.95. The predicted octanol–water partition coefficient (Wildman–Crippen LogP) is 0.654. The number of aryl methyl sites for hydroxylation is 1. The summed E-state index contributed by atoms with van der Waals surface area (Å²) in [5, 5.41) is 5.27. The van der Waals surface area contributed by atoms with Crippen LogP contribution < -0.4 is 5.32 Å². The summed E-state index contributed by atoms with van der Waals surface area (Å²) in [6.45, 7) is 3.86. The van der Waals surface area contributed by atoms with Gasteiger partial charge in [-0.1, -0.05) is 0 Å². The van der Waals surface area contributed by atoms with Crippen molar-refractivity contribution >= 4 is 28.3 Å². The summed E-state index contributed by atoms with van der Waals surface area (Å²) in [6, 6.07) is 0. The van der Waals surface area contributed by atoms with Crippen LogP contribution in [0.2, 0.25) is 0 Å². The van der Waals surface area contributed by atoms with Crippen LogP contribution in [0.15, 0.2) is 5.38 Å². The van der Waals surface area contributed by atoms with Gasteiger partial charge in [-0.15, -0.1) is 11.3 Å². The predicted molar refractivity (Wildman–Crippen MR) is 78.3 cm³/mol. The standard InChI is InChI=1S/C13H19N3O4S/c1-9-8-21-13(14-9)15-11(17)7-16-3-4-20-10(6-16)5-12(18)19-2/h8,10H,3-7H2,1-2H3,(H,14,15,17). The van der Waals surface area contributed by atoms with Gasteiger partial charge >= 0.3 is 5.97 Å². The number of carbonyl (C=O) groups excluding carboxylic acids is 2. The van der Waals surface area contributed by atoms with Crippen LogP contribution in [0.1, 0.15) is 12.1 Å². The normalized spacial score (nSPS) is 19.2. The fourth-order valence-corrected chi connectivity index (χ4v) is 2.79. The largest absolute Gasteiger partial charge is 0.469 e. The van der Waals surface area contributed by atoms with Crippen LogP contribution in [-0.2, 0) is 19.1 Å². The van der Waals surface area contributed by atoms with Crippen LogP contribution in [0, 0.1) is 6.92 Å². The van der Waals surface area contributed by atoms with Crippen molar-refractivity contribution in [2.45, 2.75) is 19.4 Å². The highest BCUT2D eigenvalue weighted by atomic mass is 32.1. The molecule has 1 aliphatic heterocycles. The molecule has 1 aromatic rings. The van der Waals surface area contributed by atoms with Crippen LogP contribution in [0.5, 0.6) is 0 Å². The van der Waals surface area contributed by atoms with E-state index < -0.39 is 0 Å². The second-order valence-corrected chi connectivity index (χ2v) is 5.71. The van der Waals surface area contributed by atoms with Gasteiger partial charge in [-0.3, -0.25) is 14.5 Å². The third-order valence-electron chi connectivity index (χ3n) is 3.08. The van der Waals surface area contributed by atoms with Gasteiger partial charge < -0.3 is 14.8 Å². The molecule has 1 saturated heterocycles. The number of esters is 1. The maximum atomic E-state index is 12.0. The Morgan fingerprint density at radius 1 is 1.62 bits per heavy atom. The number of morpholine rings is 1. The van der Waals surface area contributed by atoms with Gasteiger partial charge in [0.05, 0.1) is 38.5 Å². The maximum Gasteiger partial charge on any atom is 0.308 e. The van der Waals surface area contributed by atoms with Gasteiger partial charge in [0.1, 0.15) is 0 Å². The highest BCUT2D eigenvalue weighted by Gasteiger charge is 2.24. The SMILES string of the molecule is COC(=O)CC1CN(CC(=O)Nc2nc(C)cs2)CCO1. The van der Waals surface area contributed by atoms with Crippen LogP contribution in [0.3, 0.4) is 0 Å². The molecule has 1 amide bonds. The molecule has 2 heterocycles. The first-order valence-corrected chi connectivity index (χ1v) is 7.57. The van der Waals surface area contributed by atoms with Crippen molar-refractivity contribution in [1.82, 2.24) is 9.88 Å². The summed E-state index contributed by atoms with van der Waals surface area (Å²) in [6.07, 6.45) is -0.0126. The minimum atomic E-state index is -0.301. The molecule has 0 bridgehead atoms. The quantitative estimate of drug-likeness (QED) is 0.804. The molecule has 1 unspecified atom stereocenters. The minimum absolute atomic E-state index is 0.108. The van der Waals surface area contributed by atoms with E-state index in [9.17, 15) is 9.59 Å². The molecule has 7 nitrogen and oxygen atoms in total. The van der Waals surface area contributed by atoms with Crippen molar-refractivity contribution < 1.29 is 19.1 Å². The monoisotopic (exact) mass is 313 g/mol. The van der Waals surface area contributed by atoms with Gasteiger partial charge in [0.25, 0.3) is 0 Å². The zero-order chi connectivity index (χ0) is 15.2. The number of amides is 1. The lowest BCUT2D eigenvalue weighted by Crippen LogP contribution is -2.46. The number of thiazole rings is 1. The molecule has 0 saturated carbocycles. The second kappa shape index (κ2) is 7.48. The van der Waals surface area contributed by atoms with Crippen LogP contribution in [0.4, 0.5) is 5.13 Å². The maximum absolute atomic E-state index is 12.0. The number of ether oxygens (including phenoxy) is 2. The molecule has 0 radical (unpaired) electrons. The van der Waals surface area contributed by atoms with E-state index in [1.165, 1.54) is 18.4 Å². The van der Waals surface area contributed by atoms with Gasteiger partial charge in [0.2, 0.25) is 5.91 Å². The smallest absolute Gasteiger partial charge is 0.308 e. The summed E-state index contributed by atoms with van der Waals surface area (Å²) in [4.78, 5) is 29.4. The average Bonchev–Trinajstić information content (AvgIpc) is 2.84. The molecular formula is C13H19N3O4S. The van der Waals surface area contributed by atoms with Crippen molar-refractivity contribution in [3.05, 3.63) is 11.1 Å². The lowest BCUT2D eigenvalue weighted by Gasteiger charge is -2.31. The van der Waals surface area contributed by atoms with Gasteiger partial charge in [-0.05, 0) is 6.92 Å². The Hall–Kier alpha value is -1.51. The number of hydrogen-bond acceptors (Lipinski definition) is 7. The van der Waals surface area contributed by atoms with Crippen molar-refractivity contribution in [1.29, 1.82) is 0 Å². The van der Waals surface area contributed by atoms with E-state index in [0.717, 1.165) is 5.69 Å². The number of anilines is 1. The highest BCUT2D eigenvalue weighted by molar-refractivity contribution is 7.13. The number of hydrogen-bond donors (Lipinski definition) is 1. The van der Waals surface area contributed by atoms with Crippen molar-refractivity contribution in [2.24, 2.45) is 0 Å². The molecule has 1 aliphatic rings. The molecular weight excluding hydrogens is 294 g/mol. The van der Waals surface area contributed by atoms with E-state index in [4.69, 9.17) is 4.74 Å². The number of aromatic nitrogens is 1. The zero-order valence-corrected chi connectivity index (χ0v) is 12.9. The Kier molecular flexibility index (Phi) is 5.66. The molecule has 1 aromatic heterocycles. The number of carbonyl (C=O) groups is 2. The highest BCUT2D eigenvalue weighted by Crippen LogP contribution is 2.15. The summed E-state index contributed by atoms with van der Waals surface area (Å²) < 4.78 is 10.1. The Morgan fingerprint density at radius 2 is 2.43 bits per heavy atom. The van der Waals surface area contributed by atoms with E-state index in [1.807, 2.05) is 17.2 Å². The van der Waals surface area contributed by atoms with Gasteiger partial charge in [-0.25, -0.2) is 4.98 Å². The number of nitrogens with one attached hydrogen (secondary N) is 1. The molecule has 0 spiro atoms. The summed E-state index contributed by atoms with van der Waals surface area (Å²) in [7, 11) is 1.35. The van der Waals surface area contributed by atoms with E-state index in [2.05, 4.69) is 15.0 Å². The lowest BCUT2D eigenvalue weighted by molar-refractivity contribution is -0.145. The molecule has 1 N–H and O–H groups in total. The summed E-state index contributed by atoms with van der Waals surface area (Å²) in [5.74, 6) is -0.410. The minimum Gasteiger partial charge on any atom is -0.469 e. The number of rotatable bonds is 5. The first kappa shape index (κ1) is 15.9. The Balaban J connectivity index is 1.79. The van der Waals surface area contributed by atoms with Gasteiger partial charge in [-0.2, -0.15) is 0 Å². The Morgan fingerprint density at radius 3 is 3.10 bits per heavy atom. The molecule has 21 heavy (non-hydrogen) atoms. The fourth-order valence-electron chi connectivity index (χ4n) is 2.09. The zero-order valence-electron chi connectivity index (χ0n) is 12.1. The Labute approximate surface area is 127 Å². The molecule has 1 atom stereocenters. The van der Waals surface area contributed by atoms with Gasteiger partial charge in [0, 0.05) is 18.5 Å². The third kappa shape index (κ3) is 5.07. The summed E-state index contributed by atoms with van der Waals surface area (Å²) in [5.41, 5.74) is 0.889. The first-order valence-electron chi connectivity index (χ1n) is 6.69. The molecule has 116 valence electrons. The van der Waals surface area contributed by atoms with E-state index in [-0.39, 0.29) is 30.9 Å². The van der Waals surface area contributed by atoms with Crippen LogP contribution >= 0.6 is 11.3 Å². The first-order chi connectivity index (χ1) is 10.1. The number of methoxy groups -OCH3 is 1. The van der Waals surface area contributed by atoms with Crippen molar-refractivity contribution in [2.75, 3.05) is 38.7 Å². The van der Waals surface area contributed by atoms with E-state index in [0.29, 0.717) is 24.8 Å². The van der Waals surface area contributed by atoms with Crippen molar-refractivity contribution in [3.63, 3.8) is 0 Å². The fraction of sp³-hybridized carbons (Fsp3) is 0.615. The molecule has 2 rings (SSSR count). The van der Waals surface area contributed by atoms with Gasteiger partial charge in [0.15, 0.2) is 5.13 Å². The average molecular weight is 313 g/mol. The summed E-state index contributed by atoms with van der Waals surface area (Å²) >= 11 is 1.40. The van der Waals surface area contributed by atoms with Crippen LogP contribution in [-0.4, -0.2) is 61.2 Å². The molecule has 0 aliphatic carbocycles. The van der Waals surface area contributed by atoms with E-state index in [1.54, 1.807) is 0 Å². The molecule has 0 aromatic carbocycles. The van der Waals surface area contributed by atoms with Crippen molar-refractivity contribution in [3.8, 4) is 0 Å². The lowest BCUT2D eigenvalue weighted by atomic mass is 10.2. The Bertz CT molecular complexity index is 505. The van der Waals surface area contributed by atoms with E-state index >= 15 is 0 Å².